The van der Waals surface area contributed by atoms with Gasteiger partial charge in [-0.25, -0.2) is 9.37 Å². The van der Waals surface area contributed by atoms with Crippen LogP contribution in [0.25, 0.3) is 11.0 Å². The van der Waals surface area contributed by atoms with Crippen LogP contribution < -0.4 is 0 Å². The van der Waals surface area contributed by atoms with Gasteiger partial charge >= 0.3 is 0 Å². The maximum Gasteiger partial charge on any atom is 0.156 e. The predicted molar refractivity (Wildman–Crippen MR) is 79.9 cm³/mol. The van der Waals surface area contributed by atoms with Gasteiger partial charge in [-0.2, -0.15) is 0 Å². The summed E-state index contributed by atoms with van der Waals surface area (Å²) >= 11 is 5.63. The van der Waals surface area contributed by atoms with Gasteiger partial charge in [-0.1, -0.05) is 29.8 Å². The first-order valence-electron chi connectivity index (χ1n) is 6.49. The molecule has 0 radical (unpaired) electrons. The van der Waals surface area contributed by atoms with E-state index in [2.05, 4.69) is 4.98 Å². The van der Waals surface area contributed by atoms with E-state index in [0.717, 1.165) is 11.0 Å². The van der Waals surface area contributed by atoms with Crippen molar-refractivity contribution >= 4 is 28.4 Å². The number of nitrogens with zero attached hydrogens (tertiary/aromatic N) is 2. The Hall–Kier alpha value is -2.20. The van der Waals surface area contributed by atoms with Crippen molar-refractivity contribution < 1.29 is 9.18 Å². The second-order valence-electron chi connectivity index (χ2n) is 4.83. The second-order valence-corrected chi connectivity index (χ2v) is 5.23. The predicted octanol–water partition coefficient (Wildman–Crippen LogP) is 3.64. The Labute approximate surface area is 126 Å². The molecule has 0 amide bonds. The highest BCUT2D eigenvalue weighted by Gasteiger charge is 2.09. The summed E-state index contributed by atoms with van der Waals surface area (Å²) in [5.74, 6) is -0.519. The highest BCUT2D eigenvalue weighted by Crippen LogP contribution is 2.17. The van der Waals surface area contributed by atoms with Crippen molar-refractivity contribution in [1.82, 2.24) is 9.55 Å². The fraction of sp³-hybridized carbons (Fsp3) is 0.125. The van der Waals surface area contributed by atoms with Crippen LogP contribution >= 0.6 is 11.6 Å². The van der Waals surface area contributed by atoms with Crippen LogP contribution in [-0.2, 0) is 17.8 Å². The molecular formula is C16H12ClFN2O. The lowest BCUT2D eigenvalue weighted by atomic mass is 10.1. The van der Waals surface area contributed by atoms with Crippen molar-refractivity contribution in [2.75, 3.05) is 0 Å². The summed E-state index contributed by atoms with van der Waals surface area (Å²) < 4.78 is 15.2. The van der Waals surface area contributed by atoms with Gasteiger partial charge in [0.25, 0.3) is 0 Å². The van der Waals surface area contributed by atoms with Crippen LogP contribution in [0.5, 0.6) is 0 Å². The largest absolute Gasteiger partial charge is 0.323 e. The van der Waals surface area contributed by atoms with Gasteiger partial charge in [0.2, 0.25) is 0 Å². The molecule has 0 aliphatic heterocycles. The number of aromatic nitrogens is 2. The molecule has 3 rings (SSSR count). The molecule has 3 nitrogen and oxygen atoms in total. The van der Waals surface area contributed by atoms with Crippen molar-refractivity contribution in [3.63, 3.8) is 0 Å². The van der Waals surface area contributed by atoms with Crippen molar-refractivity contribution in [3.05, 3.63) is 65.2 Å². The number of carbonyl (C=O) groups excluding carboxylic acids is 1. The molecule has 1 aromatic heterocycles. The van der Waals surface area contributed by atoms with Crippen LogP contribution in [0.2, 0.25) is 5.02 Å². The maximum absolute atomic E-state index is 13.4. The molecule has 0 unspecified atom stereocenters. The number of ketones is 1. The smallest absolute Gasteiger partial charge is 0.156 e. The number of carbonyl (C=O) groups is 1. The van der Waals surface area contributed by atoms with Gasteiger partial charge in [-0.05, 0) is 29.8 Å². The Morgan fingerprint density at radius 3 is 2.86 bits per heavy atom. The minimum absolute atomic E-state index is 0.0140. The SMILES string of the molecule is O=C(Cc1ccc(Cl)c(F)c1)Cn1cnc2ccccc21. The molecular weight excluding hydrogens is 291 g/mol. The fourth-order valence-electron chi connectivity index (χ4n) is 2.26. The normalized spacial score (nSPS) is 11.0. The molecule has 0 spiro atoms. The molecule has 0 aliphatic rings. The zero-order valence-electron chi connectivity index (χ0n) is 11.1. The minimum Gasteiger partial charge on any atom is -0.323 e. The summed E-state index contributed by atoms with van der Waals surface area (Å²) in [7, 11) is 0. The van der Waals surface area contributed by atoms with E-state index in [-0.39, 0.29) is 23.8 Å². The van der Waals surface area contributed by atoms with Crippen LogP contribution in [0.4, 0.5) is 4.39 Å². The summed E-state index contributed by atoms with van der Waals surface area (Å²) in [6.07, 6.45) is 1.81. The summed E-state index contributed by atoms with van der Waals surface area (Å²) in [6, 6.07) is 12.0. The fourth-order valence-corrected chi connectivity index (χ4v) is 2.38. The number of hydrogen-bond donors (Lipinski definition) is 0. The third kappa shape index (κ3) is 2.95. The van der Waals surface area contributed by atoms with Gasteiger partial charge in [0.1, 0.15) is 5.82 Å². The van der Waals surface area contributed by atoms with Crippen LogP contribution in [0.3, 0.4) is 0 Å². The standard InChI is InChI=1S/C16H12ClFN2O/c17-13-6-5-11(8-14(13)18)7-12(21)9-20-10-19-15-3-1-2-4-16(15)20/h1-6,8,10H,7,9H2. The van der Waals surface area contributed by atoms with Crippen molar-refractivity contribution in [2.45, 2.75) is 13.0 Å². The number of hydrogen-bond acceptors (Lipinski definition) is 2. The Morgan fingerprint density at radius 2 is 2.05 bits per heavy atom. The zero-order valence-corrected chi connectivity index (χ0v) is 11.8. The van der Waals surface area contributed by atoms with Gasteiger partial charge in [0, 0.05) is 6.42 Å². The van der Waals surface area contributed by atoms with E-state index in [9.17, 15) is 9.18 Å². The van der Waals surface area contributed by atoms with Crippen molar-refractivity contribution in [1.29, 1.82) is 0 Å². The molecule has 1 heterocycles. The van der Waals surface area contributed by atoms with E-state index in [4.69, 9.17) is 11.6 Å². The Morgan fingerprint density at radius 1 is 1.24 bits per heavy atom. The molecule has 3 aromatic rings. The number of halogens is 2. The molecule has 0 saturated heterocycles. The second kappa shape index (κ2) is 5.66. The third-order valence-electron chi connectivity index (χ3n) is 3.26. The lowest BCUT2D eigenvalue weighted by Crippen LogP contribution is -2.12. The van der Waals surface area contributed by atoms with E-state index < -0.39 is 5.82 Å². The average molecular weight is 303 g/mol. The molecule has 0 saturated carbocycles. The van der Waals surface area contributed by atoms with E-state index in [0.29, 0.717) is 5.56 Å². The highest BCUT2D eigenvalue weighted by atomic mass is 35.5. The quantitative estimate of drug-likeness (QED) is 0.737. The van der Waals surface area contributed by atoms with Crippen LogP contribution in [0.15, 0.2) is 48.8 Å². The van der Waals surface area contributed by atoms with E-state index in [1.54, 1.807) is 17.0 Å². The van der Waals surface area contributed by atoms with Crippen molar-refractivity contribution in [3.8, 4) is 0 Å². The van der Waals surface area contributed by atoms with Crippen LogP contribution in [-0.4, -0.2) is 15.3 Å². The summed E-state index contributed by atoms with van der Waals surface area (Å²) in [5.41, 5.74) is 2.38. The number of para-hydroxylation sites is 2. The number of Topliss-reactive ketones (excluding diaryl/α,β-unsaturated/α-hetero) is 1. The highest BCUT2D eigenvalue weighted by molar-refractivity contribution is 6.30. The molecule has 0 N–H and O–H groups in total. The van der Waals surface area contributed by atoms with Gasteiger partial charge in [0.05, 0.1) is 28.9 Å². The number of benzene rings is 2. The van der Waals surface area contributed by atoms with Crippen molar-refractivity contribution in [2.24, 2.45) is 0 Å². The first-order chi connectivity index (χ1) is 10.1. The van der Waals surface area contributed by atoms with E-state index >= 15 is 0 Å². The molecule has 106 valence electrons. The average Bonchev–Trinajstić information content (AvgIpc) is 2.86. The Bertz CT molecular complexity index is 813. The van der Waals surface area contributed by atoms with Gasteiger partial charge in [-0.15, -0.1) is 0 Å². The molecule has 5 heteroatoms. The zero-order chi connectivity index (χ0) is 14.8. The number of rotatable bonds is 4. The Balaban J connectivity index is 1.75. The molecule has 0 aliphatic carbocycles. The summed E-state index contributed by atoms with van der Waals surface area (Å²) in [4.78, 5) is 16.4. The maximum atomic E-state index is 13.4. The monoisotopic (exact) mass is 302 g/mol. The molecule has 21 heavy (non-hydrogen) atoms. The minimum atomic E-state index is -0.505. The molecule has 2 aromatic carbocycles. The number of imidazole rings is 1. The van der Waals surface area contributed by atoms with E-state index in [1.807, 2.05) is 24.3 Å². The third-order valence-corrected chi connectivity index (χ3v) is 3.57. The first kappa shape index (κ1) is 13.8. The summed E-state index contributed by atoms with van der Waals surface area (Å²) in [6.45, 7) is 0.213. The molecule has 0 fully saturated rings. The lowest BCUT2D eigenvalue weighted by molar-refractivity contribution is -0.118. The lowest BCUT2D eigenvalue weighted by Gasteiger charge is -2.05. The van der Waals surface area contributed by atoms with Gasteiger partial charge in [0.15, 0.2) is 5.78 Å². The topological polar surface area (TPSA) is 34.9 Å². The molecule has 0 atom stereocenters. The Kier molecular flexibility index (Phi) is 3.71. The summed E-state index contributed by atoms with van der Waals surface area (Å²) in [5, 5.41) is 0.0619. The first-order valence-corrected chi connectivity index (χ1v) is 6.87. The van der Waals surface area contributed by atoms with E-state index in [1.165, 1.54) is 12.1 Å². The van der Waals surface area contributed by atoms with Gasteiger partial charge in [-0.3, -0.25) is 4.79 Å². The number of fused-ring (bicyclic) bond motifs is 1. The van der Waals surface area contributed by atoms with Crippen LogP contribution in [0, 0.1) is 5.82 Å². The van der Waals surface area contributed by atoms with Gasteiger partial charge < -0.3 is 4.57 Å². The van der Waals surface area contributed by atoms with Crippen LogP contribution in [0.1, 0.15) is 5.56 Å². The molecule has 0 bridgehead atoms.